The fourth-order valence-corrected chi connectivity index (χ4v) is 4.13. The van der Waals surface area contributed by atoms with Crippen molar-refractivity contribution in [2.45, 2.75) is 33.1 Å². The summed E-state index contributed by atoms with van der Waals surface area (Å²) in [6.45, 7) is 9.03. The highest BCUT2D eigenvalue weighted by Gasteiger charge is 2.17. The molecule has 0 aliphatic carbocycles. The minimum atomic E-state index is 0.142. The third kappa shape index (κ3) is 2.10. The Morgan fingerprint density at radius 1 is 0.654 bits per heavy atom. The van der Waals surface area contributed by atoms with Crippen LogP contribution in [0.1, 0.15) is 31.9 Å². The molecule has 0 aliphatic rings. The maximum absolute atomic E-state index is 2.42. The number of pyridine rings is 1. The largest absolute Gasteiger partial charge is 0.309 e. The van der Waals surface area contributed by atoms with Gasteiger partial charge >= 0.3 is 0 Å². The van der Waals surface area contributed by atoms with Gasteiger partial charge in [0.25, 0.3) is 0 Å². The summed E-state index contributed by atoms with van der Waals surface area (Å²) in [5, 5.41) is 5.31. The average molecular weight is 337 g/mol. The summed E-state index contributed by atoms with van der Waals surface area (Å²) in [5.41, 5.74) is 6.67. The second kappa shape index (κ2) is 5.11. The number of rotatable bonds is 0. The topological polar surface area (TPSA) is 4.41 Å². The maximum atomic E-state index is 2.42. The molecule has 3 aromatic carbocycles. The van der Waals surface area contributed by atoms with E-state index in [1.807, 2.05) is 0 Å². The van der Waals surface area contributed by atoms with Gasteiger partial charge in [-0.25, -0.2) is 0 Å². The smallest absolute Gasteiger partial charge is 0.0547 e. The van der Waals surface area contributed by atoms with Crippen molar-refractivity contribution in [3.05, 3.63) is 77.9 Å². The molecule has 0 amide bonds. The van der Waals surface area contributed by atoms with E-state index in [-0.39, 0.29) is 5.41 Å². The van der Waals surface area contributed by atoms with Crippen molar-refractivity contribution in [2.75, 3.05) is 0 Å². The van der Waals surface area contributed by atoms with E-state index in [1.165, 1.54) is 49.2 Å². The van der Waals surface area contributed by atoms with Crippen LogP contribution in [-0.2, 0) is 5.41 Å². The Morgan fingerprint density at radius 3 is 2.27 bits per heavy atom. The van der Waals surface area contributed by atoms with Gasteiger partial charge in [-0.3, -0.25) is 0 Å². The molecule has 26 heavy (non-hydrogen) atoms. The minimum Gasteiger partial charge on any atom is -0.309 e. The monoisotopic (exact) mass is 337 g/mol. The molecular formula is C25H23N. The summed E-state index contributed by atoms with van der Waals surface area (Å²) >= 11 is 0. The van der Waals surface area contributed by atoms with Gasteiger partial charge in [0.2, 0.25) is 0 Å². The fourth-order valence-electron chi connectivity index (χ4n) is 4.13. The van der Waals surface area contributed by atoms with Crippen molar-refractivity contribution >= 4 is 38.1 Å². The van der Waals surface area contributed by atoms with Crippen LogP contribution in [0.3, 0.4) is 0 Å². The van der Waals surface area contributed by atoms with Gasteiger partial charge in [-0.05, 0) is 53.6 Å². The van der Waals surface area contributed by atoms with Crippen molar-refractivity contribution in [3.8, 4) is 0 Å². The Morgan fingerprint density at radius 2 is 1.46 bits per heavy atom. The zero-order valence-corrected chi connectivity index (χ0v) is 15.8. The van der Waals surface area contributed by atoms with Gasteiger partial charge in [-0.15, -0.1) is 0 Å². The Hall–Kier alpha value is -2.80. The van der Waals surface area contributed by atoms with Crippen LogP contribution in [0.5, 0.6) is 0 Å². The SMILES string of the molecule is Cc1ccc2c(c1)c1cc(C(C)(C)C)ccc1c1cc3ccccc3n21. The highest BCUT2D eigenvalue weighted by Crippen LogP contribution is 2.36. The summed E-state index contributed by atoms with van der Waals surface area (Å²) in [6.07, 6.45) is 0. The summed E-state index contributed by atoms with van der Waals surface area (Å²) in [6, 6.07) is 24.8. The highest BCUT2D eigenvalue weighted by atomic mass is 14.9. The quantitative estimate of drug-likeness (QED) is 0.268. The first-order chi connectivity index (χ1) is 12.4. The molecule has 0 aliphatic heterocycles. The van der Waals surface area contributed by atoms with Crippen molar-refractivity contribution in [2.24, 2.45) is 0 Å². The summed E-state index contributed by atoms with van der Waals surface area (Å²) < 4.78 is 2.42. The van der Waals surface area contributed by atoms with Crippen molar-refractivity contribution in [1.82, 2.24) is 4.40 Å². The second-order valence-electron chi connectivity index (χ2n) is 8.45. The molecule has 5 rings (SSSR count). The minimum absolute atomic E-state index is 0.142. The normalized spacial score (nSPS) is 12.6. The van der Waals surface area contributed by atoms with Crippen molar-refractivity contribution in [1.29, 1.82) is 0 Å². The van der Waals surface area contributed by atoms with Gasteiger partial charge in [0.1, 0.15) is 0 Å². The first kappa shape index (κ1) is 15.5. The van der Waals surface area contributed by atoms with E-state index < -0.39 is 0 Å². The molecular weight excluding hydrogens is 314 g/mol. The molecule has 128 valence electrons. The van der Waals surface area contributed by atoms with Crippen LogP contribution in [0, 0.1) is 6.92 Å². The van der Waals surface area contributed by atoms with Gasteiger partial charge in [0.05, 0.1) is 16.6 Å². The Kier molecular flexibility index (Phi) is 3.04. The van der Waals surface area contributed by atoms with Gasteiger partial charge in [-0.1, -0.05) is 62.7 Å². The molecule has 0 unspecified atom stereocenters. The molecule has 2 heterocycles. The zero-order chi connectivity index (χ0) is 18.1. The lowest BCUT2D eigenvalue weighted by Gasteiger charge is -2.20. The van der Waals surface area contributed by atoms with Crippen molar-refractivity contribution in [3.63, 3.8) is 0 Å². The molecule has 2 aromatic heterocycles. The average Bonchev–Trinajstić information content (AvgIpc) is 3.00. The number of aromatic nitrogens is 1. The van der Waals surface area contributed by atoms with Crippen LogP contribution in [0.4, 0.5) is 0 Å². The van der Waals surface area contributed by atoms with Gasteiger partial charge in [-0.2, -0.15) is 0 Å². The highest BCUT2D eigenvalue weighted by molar-refractivity contribution is 6.15. The fraction of sp³-hybridized carbons (Fsp3) is 0.200. The van der Waals surface area contributed by atoms with E-state index in [0.717, 1.165) is 0 Å². The molecule has 1 nitrogen and oxygen atoms in total. The number of para-hydroxylation sites is 1. The first-order valence-electron chi connectivity index (χ1n) is 9.30. The summed E-state index contributed by atoms with van der Waals surface area (Å²) in [7, 11) is 0. The Labute approximate surface area is 153 Å². The number of aryl methyl sites for hydroxylation is 1. The number of fused-ring (bicyclic) bond motifs is 8. The van der Waals surface area contributed by atoms with Crippen LogP contribution < -0.4 is 0 Å². The molecule has 0 atom stereocenters. The van der Waals surface area contributed by atoms with E-state index in [0.29, 0.717) is 0 Å². The molecule has 0 N–H and O–H groups in total. The van der Waals surface area contributed by atoms with Crippen LogP contribution in [-0.4, -0.2) is 4.40 Å². The van der Waals surface area contributed by atoms with E-state index >= 15 is 0 Å². The zero-order valence-electron chi connectivity index (χ0n) is 15.8. The molecule has 0 bridgehead atoms. The lowest BCUT2D eigenvalue weighted by molar-refractivity contribution is 0.591. The van der Waals surface area contributed by atoms with Gasteiger partial charge in [0, 0.05) is 16.2 Å². The maximum Gasteiger partial charge on any atom is 0.0547 e. The van der Waals surface area contributed by atoms with E-state index in [1.54, 1.807) is 0 Å². The van der Waals surface area contributed by atoms with Gasteiger partial charge < -0.3 is 4.40 Å². The van der Waals surface area contributed by atoms with E-state index in [2.05, 4.69) is 98.8 Å². The summed E-state index contributed by atoms with van der Waals surface area (Å²) in [4.78, 5) is 0. The molecule has 1 heteroatoms. The third-order valence-electron chi connectivity index (χ3n) is 5.56. The van der Waals surface area contributed by atoms with Gasteiger partial charge in [0.15, 0.2) is 0 Å². The standard InChI is InChI=1S/C25H23N/c1-16-9-12-23-21(13-16)20-15-18(25(2,3)4)10-11-19(20)24-14-17-7-5-6-8-22(17)26(23)24/h5-15H,1-4H3. The van der Waals surface area contributed by atoms with Crippen LogP contribution in [0.25, 0.3) is 38.1 Å². The molecule has 0 saturated carbocycles. The molecule has 0 fully saturated rings. The predicted molar refractivity (Wildman–Crippen MR) is 113 cm³/mol. The third-order valence-corrected chi connectivity index (χ3v) is 5.56. The molecule has 0 saturated heterocycles. The number of hydrogen-bond donors (Lipinski definition) is 0. The Bertz CT molecular complexity index is 1310. The van der Waals surface area contributed by atoms with Crippen LogP contribution in [0.15, 0.2) is 66.7 Å². The number of nitrogens with zero attached hydrogens (tertiary/aromatic N) is 1. The number of benzene rings is 3. The molecule has 5 aromatic rings. The number of hydrogen-bond acceptors (Lipinski definition) is 0. The van der Waals surface area contributed by atoms with E-state index in [4.69, 9.17) is 0 Å². The molecule has 0 spiro atoms. The Balaban J connectivity index is 2.09. The second-order valence-corrected chi connectivity index (χ2v) is 8.45. The van der Waals surface area contributed by atoms with E-state index in [9.17, 15) is 0 Å². The predicted octanol–water partition coefficient (Wildman–Crippen LogP) is 7.00. The van der Waals surface area contributed by atoms with Crippen LogP contribution in [0.2, 0.25) is 0 Å². The lowest BCUT2D eigenvalue weighted by Crippen LogP contribution is -2.10. The van der Waals surface area contributed by atoms with Crippen LogP contribution >= 0.6 is 0 Å². The lowest BCUT2D eigenvalue weighted by atomic mass is 9.85. The van der Waals surface area contributed by atoms with Crippen molar-refractivity contribution < 1.29 is 0 Å². The summed E-state index contributed by atoms with van der Waals surface area (Å²) in [5.74, 6) is 0. The first-order valence-corrected chi connectivity index (χ1v) is 9.30. The molecule has 0 radical (unpaired) electrons.